The molecule has 0 saturated carbocycles. The minimum Gasteiger partial charge on any atom is -0.457 e. The molecule has 0 unspecified atom stereocenters. The molecule has 0 aliphatic carbocycles. The Morgan fingerprint density at radius 2 is 1.86 bits per heavy atom. The molecule has 0 fully saturated rings. The largest absolute Gasteiger partial charge is 0.457 e. The molecule has 28 heavy (non-hydrogen) atoms. The molecule has 0 atom stereocenters. The molecule has 8 nitrogen and oxygen atoms in total. The van der Waals surface area contributed by atoms with Gasteiger partial charge in [0.15, 0.2) is 0 Å². The molecule has 2 rings (SSSR count). The zero-order chi connectivity index (χ0) is 20.4. The summed E-state index contributed by atoms with van der Waals surface area (Å²) in [7, 11) is 1.56. The Morgan fingerprint density at radius 1 is 1.14 bits per heavy atom. The zero-order valence-corrected chi connectivity index (χ0v) is 16.1. The number of esters is 1. The van der Waals surface area contributed by atoms with Crippen LogP contribution in [0.2, 0.25) is 0 Å². The number of carbonyl (C=O) groups excluding carboxylic acids is 2. The second-order valence-electron chi connectivity index (χ2n) is 5.63. The SMILES string of the molecule is COCCNC(=O)CSc1ccccc1C(=O)OCc1ccc([N+](=O)[O-])cc1. The number of hydrogen-bond acceptors (Lipinski definition) is 7. The van der Waals surface area contributed by atoms with Crippen LogP contribution in [0.4, 0.5) is 5.69 Å². The van der Waals surface area contributed by atoms with E-state index < -0.39 is 10.9 Å². The Kier molecular flexibility index (Phi) is 8.44. The average molecular weight is 404 g/mol. The summed E-state index contributed by atoms with van der Waals surface area (Å²) in [6, 6.07) is 12.7. The fourth-order valence-corrected chi connectivity index (χ4v) is 3.06. The molecule has 2 aromatic rings. The molecule has 1 N–H and O–H groups in total. The molecule has 0 heterocycles. The second-order valence-corrected chi connectivity index (χ2v) is 6.64. The summed E-state index contributed by atoms with van der Waals surface area (Å²) in [6.07, 6.45) is 0. The van der Waals surface area contributed by atoms with E-state index in [1.54, 1.807) is 31.4 Å². The van der Waals surface area contributed by atoms with E-state index in [1.165, 1.54) is 36.0 Å². The Balaban J connectivity index is 1.92. The number of methoxy groups -OCH3 is 1. The van der Waals surface area contributed by atoms with E-state index >= 15 is 0 Å². The topological polar surface area (TPSA) is 108 Å². The number of thioether (sulfide) groups is 1. The van der Waals surface area contributed by atoms with Crippen molar-refractivity contribution in [1.29, 1.82) is 0 Å². The number of hydrogen-bond donors (Lipinski definition) is 1. The highest BCUT2D eigenvalue weighted by atomic mass is 32.2. The maximum absolute atomic E-state index is 12.4. The van der Waals surface area contributed by atoms with Crippen LogP contribution in [-0.2, 0) is 20.9 Å². The van der Waals surface area contributed by atoms with Crippen LogP contribution in [-0.4, -0.2) is 42.8 Å². The van der Waals surface area contributed by atoms with Crippen molar-refractivity contribution in [2.45, 2.75) is 11.5 Å². The van der Waals surface area contributed by atoms with Gasteiger partial charge in [-0.25, -0.2) is 4.79 Å². The predicted molar refractivity (Wildman–Crippen MR) is 104 cm³/mol. The number of nitro groups is 1. The maximum atomic E-state index is 12.4. The van der Waals surface area contributed by atoms with Crippen LogP contribution < -0.4 is 5.32 Å². The third kappa shape index (κ3) is 6.67. The maximum Gasteiger partial charge on any atom is 0.339 e. The zero-order valence-electron chi connectivity index (χ0n) is 15.3. The minimum atomic E-state index is -0.527. The molecule has 9 heteroatoms. The first kappa shape index (κ1) is 21.4. The summed E-state index contributed by atoms with van der Waals surface area (Å²) >= 11 is 1.24. The Morgan fingerprint density at radius 3 is 2.54 bits per heavy atom. The fraction of sp³-hybridized carbons (Fsp3) is 0.263. The van der Waals surface area contributed by atoms with E-state index in [0.717, 1.165) is 0 Å². The first-order valence-corrected chi connectivity index (χ1v) is 9.37. The predicted octanol–water partition coefficient (Wildman–Crippen LogP) is 2.81. The van der Waals surface area contributed by atoms with Crippen molar-refractivity contribution in [3.8, 4) is 0 Å². The highest BCUT2D eigenvalue weighted by molar-refractivity contribution is 8.00. The van der Waals surface area contributed by atoms with Crippen molar-refractivity contribution in [1.82, 2.24) is 5.32 Å². The first-order valence-electron chi connectivity index (χ1n) is 8.39. The lowest BCUT2D eigenvalue weighted by Crippen LogP contribution is -2.28. The van der Waals surface area contributed by atoms with E-state index in [9.17, 15) is 19.7 Å². The van der Waals surface area contributed by atoms with Gasteiger partial charge in [0.05, 0.1) is 22.8 Å². The number of carbonyl (C=O) groups is 2. The Bertz CT molecular complexity index is 825. The van der Waals surface area contributed by atoms with Crippen molar-refractivity contribution in [2.24, 2.45) is 0 Å². The van der Waals surface area contributed by atoms with Crippen molar-refractivity contribution in [3.05, 3.63) is 69.8 Å². The highest BCUT2D eigenvalue weighted by Gasteiger charge is 2.14. The number of rotatable bonds is 10. The number of non-ortho nitro benzene ring substituents is 1. The summed E-state index contributed by atoms with van der Waals surface area (Å²) < 4.78 is 10.2. The van der Waals surface area contributed by atoms with Crippen LogP contribution >= 0.6 is 11.8 Å². The van der Waals surface area contributed by atoms with E-state index in [2.05, 4.69) is 5.32 Å². The van der Waals surface area contributed by atoms with Gasteiger partial charge < -0.3 is 14.8 Å². The van der Waals surface area contributed by atoms with Gasteiger partial charge in [0.25, 0.3) is 5.69 Å². The number of nitrogens with zero attached hydrogens (tertiary/aromatic N) is 1. The van der Waals surface area contributed by atoms with Gasteiger partial charge in [-0.1, -0.05) is 12.1 Å². The molecule has 0 radical (unpaired) electrons. The summed E-state index contributed by atoms with van der Waals surface area (Å²) in [5.74, 6) is -0.520. The van der Waals surface area contributed by atoms with Crippen molar-refractivity contribution in [3.63, 3.8) is 0 Å². The Hall–Kier alpha value is -2.91. The van der Waals surface area contributed by atoms with E-state index in [0.29, 0.717) is 29.2 Å². The minimum absolute atomic E-state index is 0.00661. The van der Waals surface area contributed by atoms with Crippen LogP contribution in [0.25, 0.3) is 0 Å². The molecule has 2 aromatic carbocycles. The van der Waals surface area contributed by atoms with Gasteiger partial charge in [0.1, 0.15) is 6.61 Å². The van der Waals surface area contributed by atoms with E-state index in [1.807, 2.05) is 0 Å². The molecule has 0 aliphatic rings. The molecular formula is C19H20N2O6S. The lowest BCUT2D eigenvalue weighted by atomic mass is 10.2. The quantitative estimate of drug-likeness (QED) is 0.213. The van der Waals surface area contributed by atoms with Gasteiger partial charge in [-0.15, -0.1) is 11.8 Å². The van der Waals surface area contributed by atoms with Crippen LogP contribution in [0.3, 0.4) is 0 Å². The van der Waals surface area contributed by atoms with Crippen LogP contribution in [0.15, 0.2) is 53.4 Å². The number of amides is 1. The monoisotopic (exact) mass is 404 g/mol. The third-order valence-corrected chi connectivity index (χ3v) is 4.68. The van der Waals surface area contributed by atoms with Crippen LogP contribution in [0.5, 0.6) is 0 Å². The molecule has 1 amide bonds. The first-order chi connectivity index (χ1) is 13.5. The number of nitro benzene ring substituents is 1. The van der Waals surface area contributed by atoms with E-state index in [4.69, 9.17) is 9.47 Å². The average Bonchev–Trinajstić information content (AvgIpc) is 2.71. The van der Waals surface area contributed by atoms with E-state index in [-0.39, 0.29) is 24.0 Å². The number of ether oxygens (including phenoxy) is 2. The van der Waals surface area contributed by atoms with Gasteiger partial charge in [-0.05, 0) is 29.8 Å². The third-order valence-electron chi connectivity index (χ3n) is 3.61. The van der Waals surface area contributed by atoms with Gasteiger partial charge in [-0.3, -0.25) is 14.9 Å². The summed E-state index contributed by atoms with van der Waals surface area (Å²) in [5.41, 5.74) is 0.973. The fourth-order valence-electron chi connectivity index (χ4n) is 2.19. The van der Waals surface area contributed by atoms with Gasteiger partial charge in [0, 0.05) is 30.7 Å². The highest BCUT2D eigenvalue weighted by Crippen LogP contribution is 2.23. The van der Waals surface area contributed by atoms with Crippen LogP contribution in [0.1, 0.15) is 15.9 Å². The van der Waals surface area contributed by atoms with Gasteiger partial charge in [-0.2, -0.15) is 0 Å². The molecule has 0 bridgehead atoms. The van der Waals surface area contributed by atoms with Crippen molar-refractivity contribution < 1.29 is 24.0 Å². The van der Waals surface area contributed by atoms with Gasteiger partial charge in [0.2, 0.25) is 5.91 Å². The second kappa shape index (κ2) is 11.1. The molecule has 0 spiro atoms. The smallest absolute Gasteiger partial charge is 0.339 e. The lowest BCUT2D eigenvalue weighted by Gasteiger charge is -2.10. The molecule has 0 aromatic heterocycles. The number of nitrogens with one attached hydrogen (secondary N) is 1. The summed E-state index contributed by atoms with van der Waals surface area (Å²) in [5, 5.41) is 13.4. The molecular weight excluding hydrogens is 384 g/mol. The molecule has 148 valence electrons. The lowest BCUT2D eigenvalue weighted by molar-refractivity contribution is -0.384. The molecule has 0 saturated heterocycles. The summed E-state index contributed by atoms with van der Waals surface area (Å²) in [4.78, 5) is 35.0. The van der Waals surface area contributed by atoms with Crippen molar-refractivity contribution >= 4 is 29.3 Å². The number of benzene rings is 2. The molecule has 0 aliphatic heterocycles. The van der Waals surface area contributed by atoms with Crippen molar-refractivity contribution in [2.75, 3.05) is 26.0 Å². The standard InChI is InChI=1S/C19H20N2O6S/c1-26-11-10-20-18(22)13-28-17-5-3-2-4-16(17)19(23)27-12-14-6-8-15(9-7-14)21(24)25/h2-9H,10-13H2,1H3,(H,20,22). The van der Waals surface area contributed by atoms with Gasteiger partial charge >= 0.3 is 5.97 Å². The Labute approximate surface area is 166 Å². The van der Waals surface area contributed by atoms with Crippen LogP contribution in [0, 0.1) is 10.1 Å². The summed E-state index contributed by atoms with van der Waals surface area (Å²) in [6.45, 7) is 0.851. The normalized spacial score (nSPS) is 10.3.